The minimum atomic E-state index is -0.859. The van der Waals surface area contributed by atoms with E-state index in [0.717, 1.165) is 6.54 Å². The van der Waals surface area contributed by atoms with Crippen LogP contribution < -0.4 is 5.32 Å². The summed E-state index contributed by atoms with van der Waals surface area (Å²) < 4.78 is 0. The van der Waals surface area contributed by atoms with Gasteiger partial charge in [-0.25, -0.2) is 0 Å². The zero-order chi connectivity index (χ0) is 12.2. The van der Waals surface area contributed by atoms with Gasteiger partial charge in [-0.15, -0.1) is 0 Å². The molecule has 0 aromatic rings. The van der Waals surface area contributed by atoms with Crippen LogP contribution in [0.25, 0.3) is 0 Å². The van der Waals surface area contributed by atoms with Gasteiger partial charge in [0.15, 0.2) is 0 Å². The van der Waals surface area contributed by atoms with Crippen LogP contribution in [0, 0.1) is 28.6 Å². The second-order valence-electron chi connectivity index (χ2n) is 5.18. The number of carbonyl (C=O) groups excluding carboxylic acids is 1. The Hall–Kier alpha value is -1.04. The molecule has 1 fully saturated rings. The van der Waals surface area contributed by atoms with Crippen molar-refractivity contribution in [2.75, 3.05) is 6.54 Å². The van der Waals surface area contributed by atoms with E-state index in [2.05, 4.69) is 18.3 Å². The molecule has 3 heteroatoms. The van der Waals surface area contributed by atoms with Gasteiger partial charge in [0, 0.05) is 6.54 Å². The Morgan fingerprint density at radius 1 is 1.56 bits per heavy atom. The second-order valence-corrected chi connectivity index (χ2v) is 5.18. The van der Waals surface area contributed by atoms with Gasteiger partial charge in [0.1, 0.15) is 5.41 Å². The number of amides is 1. The summed E-state index contributed by atoms with van der Waals surface area (Å²) in [6.07, 6.45) is 4.31. The average molecular weight is 222 g/mol. The third-order valence-corrected chi connectivity index (χ3v) is 4.02. The molecule has 90 valence electrons. The molecule has 0 saturated heterocycles. The van der Waals surface area contributed by atoms with E-state index < -0.39 is 5.41 Å². The summed E-state index contributed by atoms with van der Waals surface area (Å²) in [6, 6.07) is 2.10. The fourth-order valence-electron chi connectivity index (χ4n) is 2.23. The molecular formula is C13H22N2O. The predicted octanol–water partition coefficient (Wildman–Crippen LogP) is 2.48. The van der Waals surface area contributed by atoms with E-state index in [1.54, 1.807) is 6.92 Å². The van der Waals surface area contributed by atoms with Crippen LogP contribution >= 0.6 is 0 Å². The molecule has 1 N–H and O–H groups in total. The molecule has 0 aliphatic heterocycles. The minimum absolute atomic E-state index is 0.114. The van der Waals surface area contributed by atoms with Crippen molar-refractivity contribution in [3.63, 3.8) is 0 Å². The molecule has 1 rings (SSSR count). The molecule has 0 spiro atoms. The van der Waals surface area contributed by atoms with Gasteiger partial charge < -0.3 is 5.32 Å². The van der Waals surface area contributed by atoms with Gasteiger partial charge in [-0.05, 0) is 31.6 Å². The Balaban J connectivity index is 2.44. The zero-order valence-corrected chi connectivity index (χ0v) is 10.5. The molecular weight excluding hydrogens is 200 g/mol. The van der Waals surface area contributed by atoms with Crippen LogP contribution in [0.15, 0.2) is 0 Å². The van der Waals surface area contributed by atoms with Crippen molar-refractivity contribution < 1.29 is 4.79 Å². The first kappa shape index (κ1) is 13.0. The third-order valence-electron chi connectivity index (χ3n) is 4.02. The van der Waals surface area contributed by atoms with Crippen LogP contribution in [0.1, 0.15) is 46.5 Å². The van der Waals surface area contributed by atoms with E-state index in [1.807, 2.05) is 6.92 Å². The predicted molar refractivity (Wildman–Crippen MR) is 63.5 cm³/mol. The van der Waals surface area contributed by atoms with Crippen molar-refractivity contribution in [1.82, 2.24) is 5.32 Å². The first-order chi connectivity index (χ1) is 7.53. The van der Waals surface area contributed by atoms with Crippen molar-refractivity contribution in [3.05, 3.63) is 0 Å². The lowest BCUT2D eigenvalue weighted by molar-refractivity contribution is -0.127. The van der Waals surface area contributed by atoms with Crippen LogP contribution in [-0.4, -0.2) is 12.5 Å². The maximum atomic E-state index is 11.9. The van der Waals surface area contributed by atoms with Gasteiger partial charge in [0.2, 0.25) is 5.91 Å². The maximum Gasteiger partial charge on any atom is 0.240 e. The molecule has 0 bridgehead atoms. The first-order valence-electron chi connectivity index (χ1n) is 6.23. The molecule has 0 aromatic carbocycles. The summed E-state index contributed by atoms with van der Waals surface area (Å²) in [5.41, 5.74) is -0.859. The Kier molecular flexibility index (Phi) is 4.35. The number of nitrogens with zero attached hydrogens (tertiary/aromatic N) is 1. The molecule has 16 heavy (non-hydrogen) atoms. The summed E-state index contributed by atoms with van der Waals surface area (Å²) in [5, 5.41) is 11.9. The number of hydrogen-bond donors (Lipinski definition) is 1. The summed E-state index contributed by atoms with van der Waals surface area (Å²) >= 11 is 0. The number of rotatable bonds is 4. The first-order valence-corrected chi connectivity index (χ1v) is 6.23. The topological polar surface area (TPSA) is 52.9 Å². The maximum absolute atomic E-state index is 11.9. The van der Waals surface area contributed by atoms with Crippen molar-refractivity contribution in [3.8, 4) is 6.07 Å². The van der Waals surface area contributed by atoms with Gasteiger partial charge in [-0.2, -0.15) is 5.26 Å². The highest BCUT2D eigenvalue weighted by Crippen LogP contribution is 2.30. The minimum Gasteiger partial charge on any atom is -0.354 e. The monoisotopic (exact) mass is 222 g/mol. The van der Waals surface area contributed by atoms with Crippen LogP contribution in [0.2, 0.25) is 0 Å². The molecule has 0 radical (unpaired) electrons. The standard InChI is InChI=1S/C13H22N2O/c1-4-13(3,9-14)12(16)15-8-11-7-5-6-10(11)2/h10-11H,4-8H2,1-3H3,(H,15,16). The molecule has 3 unspecified atom stereocenters. The lowest BCUT2D eigenvalue weighted by atomic mass is 9.88. The lowest BCUT2D eigenvalue weighted by Gasteiger charge is -2.21. The van der Waals surface area contributed by atoms with Crippen molar-refractivity contribution in [2.24, 2.45) is 17.3 Å². The molecule has 0 aromatic heterocycles. The van der Waals surface area contributed by atoms with Crippen LogP contribution in [0.3, 0.4) is 0 Å². The SMILES string of the molecule is CCC(C)(C#N)C(=O)NCC1CCCC1C. The van der Waals surface area contributed by atoms with Gasteiger partial charge in [0.25, 0.3) is 0 Å². The normalized spacial score (nSPS) is 28.1. The number of nitrogens with one attached hydrogen (secondary N) is 1. The summed E-state index contributed by atoms with van der Waals surface area (Å²) in [4.78, 5) is 11.9. The van der Waals surface area contributed by atoms with Crippen molar-refractivity contribution in [2.45, 2.75) is 46.5 Å². The molecule has 0 heterocycles. The Bertz CT molecular complexity index is 295. The van der Waals surface area contributed by atoms with E-state index in [9.17, 15) is 4.79 Å². The van der Waals surface area contributed by atoms with Crippen molar-refractivity contribution >= 4 is 5.91 Å². The highest BCUT2D eigenvalue weighted by atomic mass is 16.2. The largest absolute Gasteiger partial charge is 0.354 e. The zero-order valence-electron chi connectivity index (χ0n) is 10.5. The Morgan fingerprint density at radius 2 is 2.25 bits per heavy atom. The van der Waals surface area contributed by atoms with Crippen molar-refractivity contribution in [1.29, 1.82) is 5.26 Å². The summed E-state index contributed by atoms with van der Waals surface area (Å²) in [5.74, 6) is 1.19. The fraction of sp³-hybridized carbons (Fsp3) is 0.846. The molecule has 1 amide bonds. The molecule has 3 atom stereocenters. The number of carbonyl (C=O) groups is 1. The smallest absolute Gasteiger partial charge is 0.240 e. The van der Waals surface area contributed by atoms with E-state index in [1.165, 1.54) is 19.3 Å². The van der Waals surface area contributed by atoms with E-state index in [-0.39, 0.29) is 5.91 Å². The molecule has 1 aliphatic rings. The van der Waals surface area contributed by atoms with Crippen LogP contribution in [0.4, 0.5) is 0 Å². The lowest BCUT2D eigenvalue weighted by Crippen LogP contribution is -2.40. The highest BCUT2D eigenvalue weighted by molar-refractivity contribution is 5.84. The Morgan fingerprint density at radius 3 is 2.69 bits per heavy atom. The van der Waals surface area contributed by atoms with Gasteiger partial charge in [-0.1, -0.05) is 26.7 Å². The molecule has 3 nitrogen and oxygen atoms in total. The van der Waals surface area contributed by atoms with Gasteiger partial charge in [-0.3, -0.25) is 4.79 Å². The molecule has 1 saturated carbocycles. The van der Waals surface area contributed by atoms with Crippen LogP contribution in [-0.2, 0) is 4.79 Å². The van der Waals surface area contributed by atoms with Gasteiger partial charge >= 0.3 is 0 Å². The number of hydrogen-bond acceptors (Lipinski definition) is 2. The Labute approximate surface area is 98.2 Å². The van der Waals surface area contributed by atoms with E-state index in [0.29, 0.717) is 18.3 Å². The van der Waals surface area contributed by atoms with Gasteiger partial charge in [0.05, 0.1) is 6.07 Å². The second kappa shape index (κ2) is 5.34. The highest BCUT2D eigenvalue weighted by Gasteiger charge is 2.32. The van der Waals surface area contributed by atoms with Crippen LogP contribution in [0.5, 0.6) is 0 Å². The third kappa shape index (κ3) is 2.75. The fourth-order valence-corrected chi connectivity index (χ4v) is 2.23. The quantitative estimate of drug-likeness (QED) is 0.794. The van der Waals surface area contributed by atoms with E-state index >= 15 is 0 Å². The molecule has 1 aliphatic carbocycles. The average Bonchev–Trinajstić information content (AvgIpc) is 2.70. The summed E-state index contributed by atoms with van der Waals surface area (Å²) in [7, 11) is 0. The van der Waals surface area contributed by atoms with E-state index in [4.69, 9.17) is 5.26 Å². The summed E-state index contributed by atoms with van der Waals surface area (Å²) in [6.45, 7) is 6.56. The number of nitriles is 1.